The van der Waals surface area contributed by atoms with Crippen molar-refractivity contribution in [2.24, 2.45) is 0 Å². The summed E-state index contributed by atoms with van der Waals surface area (Å²) in [5, 5.41) is 28.8. The van der Waals surface area contributed by atoms with Gasteiger partial charge in [0.15, 0.2) is 5.56 Å². The molecule has 0 bridgehead atoms. The molecule has 0 amide bonds. The van der Waals surface area contributed by atoms with Crippen molar-refractivity contribution in [2.75, 3.05) is 6.61 Å². The maximum atomic E-state index is 11.7. The van der Waals surface area contributed by atoms with E-state index in [1.807, 2.05) is 0 Å². The highest BCUT2D eigenvalue weighted by Crippen LogP contribution is 2.27. The monoisotopic (exact) mass is 250 g/mol. The Labute approximate surface area is 102 Å². The molecule has 0 heterocycles. The molecule has 0 spiro atoms. The SMILES string of the molecule is CCOC(=O)c1c(C#N)ccc(CO)c1[N+](=O)[O-]. The summed E-state index contributed by atoms with van der Waals surface area (Å²) in [6, 6.07) is 4.17. The minimum absolute atomic E-state index is 0.0320. The molecule has 7 heteroatoms. The van der Waals surface area contributed by atoms with Crippen LogP contribution in [0.5, 0.6) is 0 Å². The first kappa shape index (κ1) is 13.6. The van der Waals surface area contributed by atoms with E-state index in [4.69, 9.17) is 10.4 Å². The van der Waals surface area contributed by atoms with Crippen molar-refractivity contribution in [1.82, 2.24) is 0 Å². The molecular formula is C11H10N2O5. The normalized spacial score (nSPS) is 9.61. The van der Waals surface area contributed by atoms with E-state index in [-0.39, 0.29) is 17.7 Å². The fourth-order valence-electron chi connectivity index (χ4n) is 1.47. The smallest absolute Gasteiger partial charge is 0.346 e. The third kappa shape index (κ3) is 2.44. The number of benzene rings is 1. The molecule has 0 aromatic heterocycles. The van der Waals surface area contributed by atoms with Crippen molar-refractivity contribution >= 4 is 11.7 Å². The van der Waals surface area contributed by atoms with Gasteiger partial charge in [0.05, 0.1) is 29.3 Å². The van der Waals surface area contributed by atoms with Gasteiger partial charge in [-0.05, 0) is 19.1 Å². The summed E-state index contributed by atoms with van der Waals surface area (Å²) < 4.78 is 4.68. The van der Waals surface area contributed by atoms with E-state index in [9.17, 15) is 14.9 Å². The van der Waals surface area contributed by atoms with Crippen LogP contribution in [0.4, 0.5) is 5.69 Å². The van der Waals surface area contributed by atoms with E-state index in [0.717, 1.165) is 0 Å². The summed E-state index contributed by atoms with van der Waals surface area (Å²) in [4.78, 5) is 21.8. The first-order valence-corrected chi connectivity index (χ1v) is 5.05. The van der Waals surface area contributed by atoms with Gasteiger partial charge in [-0.2, -0.15) is 5.26 Å². The number of hydrogen-bond acceptors (Lipinski definition) is 6. The average molecular weight is 250 g/mol. The number of nitro benzene ring substituents is 1. The van der Waals surface area contributed by atoms with Crippen LogP contribution in [-0.2, 0) is 11.3 Å². The van der Waals surface area contributed by atoms with Gasteiger partial charge in [-0.1, -0.05) is 0 Å². The number of nitro groups is 1. The molecule has 94 valence electrons. The second-order valence-corrected chi connectivity index (χ2v) is 3.24. The van der Waals surface area contributed by atoms with E-state index in [2.05, 4.69) is 4.74 Å². The molecular weight excluding hydrogens is 240 g/mol. The van der Waals surface area contributed by atoms with Gasteiger partial charge < -0.3 is 9.84 Å². The summed E-state index contributed by atoms with van der Waals surface area (Å²) in [5.41, 5.74) is -1.20. The lowest BCUT2D eigenvalue weighted by Crippen LogP contribution is -2.12. The average Bonchev–Trinajstić information content (AvgIpc) is 2.36. The zero-order valence-corrected chi connectivity index (χ0v) is 9.54. The highest BCUT2D eigenvalue weighted by atomic mass is 16.6. The van der Waals surface area contributed by atoms with E-state index < -0.39 is 28.8 Å². The summed E-state index contributed by atoms with van der Waals surface area (Å²) in [5.74, 6) is -0.948. The standard InChI is InChI=1S/C11H10N2O5/c1-2-18-11(15)9-7(5-12)3-4-8(6-14)10(9)13(16)17/h3-4,14H,2,6H2,1H3. The summed E-state index contributed by atoms with van der Waals surface area (Å²) >= 11 is 0. The molecule has 0 aliphatic heterocycles. The fourth-order valence-corrected chi connectivity index (χ4v) is 1.47. The molecule has 0 unspecified atom stereocenters. The van der Waals surface area contributed by atoms with Crippen LogP contribution in [0.3, 0.4) is 0 Å². The van der Waals surface area contributed by atoms with Gasteiger partial charge in [-0.3, -0.25) is 10.1 Å². The molecule has 18 heavy (non-hydrogen) atoms. The Bertz CT molecular complexity index is 533. The third-order valence-electron chi connectivity index (χ3n) is 2.21. The van der Waals surface area contributed by atoms with Crippen LogP contribution >= 0.6 is 0 Å². The number of aliphatic hydroxyl groups excluding tert-OH is 1. The number of ether oxygens (including phenoxy) is 1. The Morgan fingerprint density at radius 1 is 1.61 bits per heavy atom. The Morgan fingerprint density at radius 2 is 2.28 bits per heavy atom. The molecule has 0 fully saturated rings. The van der Waals surface area contributed by atoms with Gasteiger partial charge in [-0.15, -0.1) is 0 Å². The number of carbonyl (C=O) groups excluding carboxylic acids is 1. The molecule has 0 aliphatic rings. The largest absolute Gasteiger partial charge is 0.462 e. The van der Waals surface area contributed by atoms with E-state index in [1.54, 1.807) is 13.0 Å². The number of nitriles is 1. The van der Waals surface area contributed by atoms with Crippen LogP contribution in [0, 0.1) is 21.4 Å². The zero-order chi connectivity index (χ0) is 13.7. The van der Waals surface area contributed by atoms with Gasteiger partial charge in [0.2, 0.25) is 0 Å². The minimum Gasteiger partial charge on any atom is -0.462 e. The van der Waals surface area contributed by atoms with E-state index in [1.165, 1.54) is 12.1 Å². The van der Waals surface area contributed by atoms with Gasteiger partial charge in [0.1, 0.15) is 6.07 Å². The fraction of sp³-hybridized carbons (Fsp3) is 0.273. The van der Waals surface area contributed by atoms with Crippen LogP contribution < -0.4 is 0 Å². The maximum Gasteiger partial charge on any atom is 0.346 e. The van der Waals surface area contributed by atoms with Crippen molar-refractivity contribution in [1.29, 1.82) is 5.26 Å². The topological polar surface area (TPSA) is 113 Å². The predicted molar refractivity (Wildman–Crippen MR) is 59.7 cm³/mol. The molecule has 0 saturated heterocycles. The molecule has 0 atom stereocenters. The van der Waals surface area contributed by atoms with Crippen molar-refractivity contribution in [3.8, 4) is 6.07 Å². The minimum atomic E-state index is -0.948. The first-order valence-electron chi connectivity index (χ1n) is 5.05. The van der Waals surface area contributed by atoms with Crippen LogP contribution in [0.25, 0.3) is 0 Å². The molecule has 1 N–H and O–H groups in total. The summed E-state index contributed by atoms with van der Waals surface area (Å²) in [6.07, 6.45) is 0. The van der Waals surface area contributed by atoms with Gasteiger partial charge in [0, 0.05) is 0 Å². The van der Waals surface area contributed by atoms with Crippen molar-refractivity contribution < 1.29 is 19.6 Å². The van der Waals surface area contributed by atoms with Crippen molar-refractivity contribution in [2.45, 2.75) is 13.5 Å². The second kappa shape index (κ2) is 5.75. The Balaban J connectivity index is 3.56. The Morgan fingerprint density at radius 3 is 2.72 bits per heavy atom. The second-order valence-electron chi connectivity index (χ2n) is 3.24. The van der Waals surface area contributed by atoms with Crippen LogP contribution in [-0.4, -0.2) is 22.6 Å². The number of nitrogens with zero attached hydrogens (tertiary/aromatic N) is 2. The van der Waals surface area contributed by atoms with Crippen LogP contribution in [0.1, 0.15) is 28.4 Å². The highest BCUT2D eigenvalue weighted by Gasteiger charge is 2.28. The Kier molecular flexibility index (Phi) is 4.34. The van der Waals surface area contributed by atoms with Crippen LogP contribution in [0.2, 0.25) is 0 Å². The maximum absolute atomic E-state index is 11.7. The molecule has 0 radical (unpaired) electrons. The molecule has 1 aromatic carbocycles. The van der Waals surface area contributed by atoms with Crippen LogP contribution in [0.15, 0.2) is 12.1 Å². The number of carbonyl (C=O) groups is 1. The summed E-state index contributed by atoms with van der Waals surface area (Å²) in [6.45, 7) is 0.976. The number of rotatable bonds is 4. The molecule has 7 nitrogen and oxygen atoms in total. The molecule has 0 saturated carbocycles. The quantitative estimate of drug-likeness (QED) is 0.486. The van der Waals surface area contributed by atoms with Crippen molar-refractivity contribution in [3.05, 3.63) is 38.9 Å². The van der Waals surface area contributed by atoms with E-state index >= 15 is 0 Å². The number of esters is 1. The lowest BCUT2D eigenvalue weighted by atomic mass is 10.0. The molecule has 1 aromatic rings. The first-order chi connectivity index (χ1) is 8.56. The zero-order valence-electron chi connectivity index (χ0n) is 9.54. The molecule has 1 rings (SSSR count). The van der Waals surface area contributed by atoms with Crippen molar-refractivity contribution in [3.63, 3.8) is 0 Å². The lowest BCUT2D eigenvalue weighted by Gasteiger charge is -2.07. The number of hydrogen-bond donors (Lipinski definition) is 1. The van der Waals surface area contributed by atoms with E-state index in [0.29, 0.717) is 0 Å². The van der Waals surface area contributed by atoms with Gasteiger partial charge in [0.25, 0.3) is 5.69 Å². The Hall–Kier alpha value is -2.46. The summed E-state index contributed by atoms with van der Waals surface area (Å²) in [7, 11) is 0. The highest BCUT2D eigenvalue weighted by molar-refractivity contribution is 5.97. The number of aliphatic hydroxyl groups is 1. The van der Waals surface area contributed by atoms with Gasteiger partial charge >= 0.3 is 5.97 Å². The lowest BCUT2D eigenvalue weighted by molar-refractivity contribution is -0.386. The third-order valence-corrected chi connectivity index (χ3v) is 2.21. The molecule has 0 aliphatic carbocycles. The van der Waals surface area contributed by atoms with Gasteiger partial charge in [-0.25, -0.2) is 4.79 Å². The predicted octanol–water partition coefficient (Wildman–Crippen LogP) is 1.14.